The molecule has 0 aromatic carbocycles. The maximum Gasteiger partial charge on any atom is 0.406 e. The van der Waals surface area contributed by atoms with Gasteiger partial charge in [0.1, 0.15) is 17.5 Å². The maximum absolute atomic E-state index is 10.9. The molecule has 0 aliphatic heterocycles. The maximum atomic E-state index is 10.9. The van der Waals surface area contributed by atoms with Gasteiger partial charge in [-0.15, -0.1) is 0 Å². The highest BCUT2D eigenvalue weighted by atomic mass is 35.5. The largest absolute Gasteiger partial charge is 0.481 e. The molecule has 0 fully saturated rings. The van der Waals surface area contributed by atoms with Gasteiger partial charge >= 0.3 is 5.82 Å². The van der Waals surface area contributed by atoms with Crippen LogP contribution in [0.25, 0.3) is 0 Å². The first kappa shape index (κ1) is 14.5. The summed E-state index contributed by atoms with van der Waals surface area (Å²) in [6, 6.07) is 4.60. The molecule has 2 rings (SSSR count). The highest BCUT2D eigenvalue weighted by molar-refractivity contribution is 6.34. The number of rotatable bonds is 4. The zero-order valence-electron chi connectivity index (χ0n) is 10.3. The third-order valence-electron chi connectivity index (χ3n) is 2.43. The van der Waals surface area contributed by atoms with Crippen LogP contribution in [-0.2, 0) is 6.61 Å². The van der Waals surface area contributed by atoms with Gasteiger partial charge in [0.2, 0.25) is 5.75 Å². The molecule has 0 saturated carbocycles. The molecule has 2 aromatic heterocycles. The van der Waals surface area contributed by atoms with Crippen LogP contribution >= 0.6 is 23.2 Å². The molecule has 0 saturated heterocycles. The highest BCUT2D eigenvalue weighted by Crippen LogP contribution is 2.26. The lowest BCUT2D eigenvalue weighted by Gasteiger charge is -2.07. The smallest absolute Gasteiger partial charge is 0.406 e. The van der Waals surface area contributed by atoms with Gasteiger partial charge in [-0.25, -0.2) is 4.98 Å². The first-order valence-corrected chi connectivity index (χ1v) is 6.27. The molecule has 2 heterocycles. The summed E-state index contributed by atoms with van der Waals surface area (Å²) in [5.41, 5.74) is 1.11. The number of hydrogen-bond acceptors (Lipinski definition) is 5. The minimum absolute atomic E-state index is 0.0363. The average molecular weight is 314 g/mol. The van der Waals surface area contributed by atoms with Crippen LogP contribution < -0.4 is 4.74 Å². The first-order valence-electron chi connectivity index (χ1n) is 5.52. The zero-order chi connectivity index (χ0) is 14.7. The van der Waals surface area contributed by atoms with E-state index in [1.807, 2.05) is 0 Å². The van der Waals surface area contributed by atoms with E-state index in [0.29, 0.717) is 16.3 Å². The molecule has 0 bridgehead atoms. The molecule has 0 spiro atoms. The summed E-state index contributed by atoms with van der Waals surface area (Å²) in [7, 11) is 0. The third-order valence-corrected chi connectivity index (χ3v) is 2.99. The fourth-order valence-corrected chi connectivity index (χ4v) is 1.89. The Balaban J connectivity index is 2.20. The van der Waals surface area contributed by atoms with Gasteiger partial charge in [0, 0.05) is 18.7 Å². The second-order valence-corrected chi connectivity index (χ2v) is 4.71. The molecule has 6 nitrogen and oxygen atoms in total. The van der Waals surface area contributed by atoms with Crippen molar-refractivity contribution >= 4 is 29.0 Å². The van der Waals surface area contributed by atoms with Crippen molar-refractivity contribution in [1.82, 2.24) is 9.97 Å². The fourth-order valence-electron chi connectivity index (χ4n) is 1.47. The predicted molar refractivity (Wildman–Crippen MR) is 74.2 cm³/mol. The normalized spacial score (nSPS) is 10.3. The van der Waals surface area contributed by atoms with Crippen molar-refractivity contribution in [3.8, 4) is 5.75 Å². The van der Waals surface area contributed by atoms with Crippen LogP contribution in [0.1, 0.15) is 11.3 Å². The van der Waals surface area contributed by atoms with Gasteiger partial charge in [0.25, 0.3) is 0 Å². The predicted octanol–water partition coefficient (Wildman–Crippen LogP) is 3.58. The number of aromatic nitrogens is 2. The van der Waals surface area contributed by atoms with Crippen LogP contribution in [0.5, 0.6) is 5.75 Å². The van der Waals surface area contributed by atoms with Crippen LogP contribution in [-0.4, -0.2) is 14.9 Å². The molecule has 2 aromatic rings. The SMILES string of the molecule is Cc1ccc(OCc2cnc(Cl)cc2Cl)c([N+](=O)[O-])n1. The third kappa shape index (κ3) is 3.34. The Hall–Kier alpha value is -1.92. The van der Waals surface area contributed by atoms with Crippen LogP contribution in [0.15, 0.2) is 24.4 Å². The van der Waals surface area contributed by atoms with Crippen molar-refractivity contribution in [2.24, 2.45) is 0 Å². The van der Waals surface area contributed by atoms with Gasteiger partial charge < -0.3 is 14.9 Å². The number of aryl methyl sites for hydroxylation is 1. The molecule has 0 aliphatic carbocycles. The van der Waals surface area contributed by atoms with E-state index in [0.717, 1.165) is 0 Å². The second kappa shape index (κ2) is 6.02. The van der Waals surface area contributed by atoms with Gasteiger partial charge in [-0.05, 0) is 28.1 Å². The van der Waals surface area contributed by atoms with Crippen molar-refractivity contribution in [2.45, 2.75) is 13.5 Å². The number of ether oxygens (including phenoxy) is 1. The Bertz CT molecular complexity index is 664. The minimum atomic E-state index is -0.593. The fraction of sp³-hybridized carbons (Fsp3) is 0.167. The van der Waals surface area contributed by atoms with Crippen LogP contribution in [0.2, 0.25) is 10.2 Å². The lowest BCUT2D eigenvalue weighted by Crippen LogP contribution is -2.02. The lowest BCUT2D eigenvalue weighted by atomic mass is 10.3. The van der Waals surface area contributed by atoms with E-state index in [4.69, 9.17) is 27.9 Å². The summed E-state index contributed by atoms with van der Waals surface area (Å²) in [5, 5.41) is 11.6. The van der Waals surface area contributed by atoms with Crippen LogP contribution in [0.3, 0.4) is 0 Å². The van der Waals surface area contributed by atoms with Gasteiger partial charge in [-0.1, -0.05) is 23.2 Å². The van der Waals surface area contributed by atoms with Crippen molar-refractivity contribution in [1.29, 1.82) is 0 Å². The van der Waals surface area contributed by atoms with Crippen molar-refractivity contribution in [3.63, 3.8) is 0 Å². The number of pyridine rings is 2. The molecule has 0 amide bonds. The molecule has 0 aliphatic rings. The molecule has 0 unspecified atom stereocenters. The summed E-state index contributed by atoms with van der Waals surface area (Å²) < 4.78 is 5.39. The summed E-state index contributed by atoms with van der Waals surface area (Å²) in [6.07, 6.45) is 1.46. The van der Waals surface area contributed by atoms with Crippen molar-refractivity contribution in [3.05, 3.63) is 55.9 Å². The molecule has 8 heteroatoms. The summed E-state index contributed by atoms with van der Waals surface area (Å²) in [5.74, 6) is -0.255. The van der Waals surface area contributed by atoms with Crippen LogP contribution in [0.4, 0.5) is 5.82 Å². The van der Waals surface area contributed by atoms with Crippen molar-refractivity contribution < 1.29 is 9.66 Å². The Labute approximate surface area is 124 Å². The lowest BCUT2D eigenvalue weighted by molar-refractivity contribution is -0.390. The summed E-state index contributed by atoms with van der Waals surface area (Å²) in [4.78, 5) is 18.0. The minimum Gasteiger partial charge on any atom is -0.481 e. The monoisotopic (exact) mass is 313 g/mol. The van der Waals surface area contributed by atoms with Gasteiger partial charge in [0.05, 0.1) is 5.02 Å². The van der Waals surface area contributed by atoms with E-state index in [9.17, 15) is 10.1 Å². The molecule has 0 N–H and O–H groups in total. The first-order chi connectivity index (χ1) is 9.47. The molecular weight excluding hydrogens is 305 g/mol. The highest BCUT2D eigenvalue weighted by Gasteiger charge is 2.18. The standard InChI is InChI=1S/C12H9Cl2N3O3/c1-7-2-3-10(12(16-7)17(18)19)20-6-8-5-15-11(14)4-9(8)13/h2-5H,6H2,1H3. The van der Waals surface area contributed by atoms with E-state index in [1.165, 1.54) is 18.3 Å². The molecule has 0 radical (unpaired) electrons. The topological polar surface area (TPSA) is 78.2 Å². The Kier molecular flexibility index (Phi) is 4.36. The van der Waals surface area contributed by atoms with Crippen LogP contribution in [0, 0.1) is 17.0 Å². The summed E-state index contributed by atoms with van der Waals surface area (Å²) in [6.45, 7) is 1.70. The van der Waals surface area contributed by atoms with E-state index in [2.05, 4.69) is 9.97 Å². The number of halogens is 2. The zero-order valence-corrected chi connectivity index (χ0v) is 11.9. The number of nitrogens with zero attached hydrogens (tertiary/aromatic N) is 3. The number of hydrogen-bond donors (Lipinski definition) is 0. The van der Waals surface area contributed by atoms with Gasteiger partial charge in [0.15, 0.2) is 0 Å². The van der Waals surface area contributed by atoms with E-state index >= 15 is 0 Å². The Morgan fingerprint density at radius 1 is 1.40 bits per heavy atom. The van der Waals surface area contributed by atoms with E-state index in [-0.39, 0.29) is 23.3 Å². The summed E-state index contributed by atoms with van der Waals surface area (Å²) >= 11 is 11.7. The Morgan fingerprint density at radius 2 is 2.15 bits per heavy atom. The number of nitro groups is 1. The van der Waals surface area contributed by atoms with Crippen molar-refractivity contribution in [2.75, 3.05) is 0 Å². The van der Waals surface area contributed by atoms with Gasteiger partial charge in [-0.2, -0.15) is 0 Å². The quantitative estimate of drug-likeness (QED) is 0.489. The second-order valence-electron chi connectivity index (χ2n) is 3.92. The average Bonchev–Trinajstić information content (AvgIpc) is 2.38. The molecular formula is C12H9Cl2N3O3. The Morgan fingerprint density at radius 3 is 2.80 bits per heavy atom. The molecule has 104 valence electrons. The van der Waals surface area contributed by atoms with E-state index in [1.54, 1.807) is 13.0 Å². The molecule has 0 atom stereocenters. The van der Waals surface area contributed by atoms with E-state index < -0.39 is 4.92 Å². The van der Waals surface area contributed by atoms with Gasteiger partial charge in [-0.3, -0.25) is 0 Å². The molecule has 20 heavy (non-hydrogen) atoms.